The average Bonchev–Trinajstić information content (AvgIpc) is 3.23. The van der Waals surface area contributed by atoms with Gasteiger partial charge in [0.2, 0.25) is 5.91 Å². The number of hydrogen-bond acceptors (Lipinski definition) is 7. The number of nitrogens with zero attached hydrogens (tertiary/aromatic N) is 4. The molecular formula is C13H13N5OS3. The summed E-state index contributed by atoms with van der Waals surface area (Å²) in [6, 6.07) is 4.10. The Balaban J connectivity index is 1.56. The quantitative estimate of drug-likeness (QED) is 0.691. The zero-order chi connectivity index (χ0) is 15.4. The van der Waals surface area contributed by atoms with Crippen LogP contribution in [0.1, 0.15) is 10.7 Å². The summed E-state index contributed by atoms with van der Waals surface area (Å²) in [6.07, 6.45) is 2.42. The lowest BCUT2D eigenvalue weighted by molar-refractivity contribution is -0.113. The largest absolute Gasteiger partial charge is 0.309 e. The summed E-state index contributed by atoms with van der Waals surface area (Å²) in [5.74, 6) is 1.08. The molecule has 1 amide bonds. The van der Waals surface area contributed by atoms with Gasteiger partial charge >= 0.3 is 0 Å². The molecule has 0 spiro atoms. The first-order chi connectivity index (χ1) is 10.7. The van der Waals surface area contributed by atoms with Gasteiger partial charge in [-0.3, -0.25) is 4.79 Å². The van der Waals surface area contributed by atoms with E-state index >= 15 is 0 Å². The molecule has 0 saturated carbocycles. The molecule has 3 heterocycles. The number of thiazole rings is 1. The number of rotatable bonds is 6. The number of thioether (sulfide) groups is 1. The van der Waals surface area contributed by atoms with Crippen LogP contribution in [0.4, 0.5) is 5.13 Å². The highest BCUT2D eigenvalue weighted by Gasteiger charge is 2.12. The Morgan fingerprint density at radius 1 is 1.36 bits per heavy atom. The molecule has 0 saturated heterocycles. The molecule has 0 aliphatic heterocycles. The zero-order valence-electron chi connectivity index (χ0n) is 11.7. The van der Waals surface area contributed by atoms with Crippen molar-refractivity contribution in [2.24, 2.45) is 7.05 Å². The Morgan fingerprint density at radius 3 is 3.00 bits per heavy atom. The summed E-state index contributed by atoms with van der Waals surface area (Å²) in [6.45, 7) is 0. The molecule has 0 aliphatic rings. The van der Waals surface area contributed by atoms with Crippen LogP contribution in [-0.4, -0.2) is 31.4 Å². The molecule has 22 heavy (non-hydrogen) atoms. The standard InChI is InChI=1S/C13H13N5OS3/c1-18-10(7-9-3-2-5-20-9)16-17-13(18)22-8-11(19)15-12-14-4-6-21-12/h2-6H,7-8H2,1H3,(H,14,15,19). The molecule has 9 heteroatoms. The van der Waals surface area contributed by atoms with Crippen LogP contribution in [0.2, 0.25) is 0 Å². The van der Waals surface area contributed by atoms with Crippen LogP contribution in [0.3, 0.4) is 0 Å². The van der Waals surface area contributed by atoms with Gasteiger partial charge in [-0.2, -0.15) is 0 Å². The predicted molar refractivity (Wildman–Crippen MR) is 89.6 cm³/mol. The minimum Gasteiger partial charge on any atom is -0.309 e. The summed E-state index contributed by atoms with van der Waals surface area (Å²) >= 11 is 4.46. The van der Waals surface area contributed by atoms with E-state index in [4.69, 9.17) is 0 Å². The number of hydrogen-bond donors (Lipinski definition) is 1. The fourth-order valence-electron chi connectivity index (χ4n) is 1.76. The van der Waals surface area contributed by atoms with E-state index in [9.17, 15) is 4.79 Å². The highest BCUT2D eigenvalue weighted by molar-refractivity contribution is 7.99. The van der Waals surface area contributed by atoms with Crippen molar-refractivity contribution in [3.8, 4) is 0 Å². The van der Waals surface area contributed by atoms with Gasteiger partial charge in [-0.05, 0) is 11.4 Å². The van der Waals surface area contributed by atoms with Gasteiger partial charge in [0.1, 0.15) is 5.82 Å². The Labute approximate surface area is 139 Å². The molecule has 3 aromatic rings. The van der Waals surface area contributed by atoms with Crippen molar-refractivity contribution >= 4 is 45.5 Å². The molecule has 0 aromatic carbocycles. The van der Waals surface area contributed by atoms with E-state index in [2.05, 4.69) is 26.6 Å². The Hall–Kier alpha value is -1.71. The van der Waals surface area contributed by atoms with Crippen LogP contribution in [0.25, 0.3) is 0 Å². The second-order valence-corrected chi connectivity index (χ2v) is 7.26. The molecule has 3 aromatic heterocycles. The number of nitrogens with one attached hydrogen (secondary N) is 1. The van der Waals surface area contributed by atoms with Crippen molar-refractivity contribution in [2.75, 3.05) is 11.1 Å². The molecule has 0 aliphatic carbocycles. The summed E-state index contributed by atoms with van der Waals surface area (Å²) in [5, 5.41) is 16.3. The predicted octanol–water partition coefficient (Wildman–Crippen LogP) is 2.65. The SMILES string of the molecule is Cn1c(Cc2cccs2)nnc1SCC(=O)Nc1nccs1. The number of amides is 1. The molecule has 0 fully saturated rings. The molecule has 0 unspecified atom stereocenters. The maximum Gasteiger partial charge on any atom is 0.236 e. The molecule has 0 bridgehead atoms. The Morgan fingerprint density at radius 2 is 2.27 bits per heavy atom. The van der Waals surface area contributed by atoms with Crippen molar-refractivity contribution in [1.29, 1.82) is 0 Å². The normalized spacial score (nSPS) is 10.8. The van der Waals surface area contributed by atoms with Gasteiger partial charge in [-0.15, -0.1) is 32.9 Å². The summed E-state index contributed by atoms with van der Waals surface area (Å²) < 4.78 is 1.93. The smallest absolute Gasteiger partial charge is 0.236 e. The van der Waals surface area contributed by atoms with Gasteiger partial charge in [0, 0.05) is 29.9 Å². The van der Waals surface area contributed by atoms with E-state index in [0.717, 1.165) is 17.4 Å². The molecule has 3 rings (SSSR count). The second-order valence-electron chi connectivity index (χ2n) is 4.39. The Bertz CT molecular complexity index is 736. The van der Waals surface area contributed by atoms with Gasteiger partial charge in [-0.1, -0.05) is 17.8 Å². The maximum atomic E-state index is 11.8. The van der Waals surface area contributed by atoms with E-state index in [-0.39, 0.29) is 11.7 Å². The van der Waals surface area contributed by atoms with Crippen LogP contribution in [-0.2, 0) is 18.3 Å². The van der Waals surface area contributed by atoms with Crippen molar-refractivity contribution in [2.45, 2.75) is 11.6 Å². The van der Waals surface area contributed by atoms with Gasteiger partial charge in [0.25, 0.3) is 0 Å². The monoisotopic (exact) mass is 351 g/mol. The number of carbonyl (C=O) groups excluding carboxylic acids is 1. The minimum absolute atomic E-state index is 0.0947. The van der Waals surface area contributed by atoms with Gasteiger partial charge in [0.05, 0.1) is 5.75 Å². The molecule has 1 N–H and O–H groups in total. The average molecular weight is 351 g/mol. The molecule has 0 radical (unpaired) electrons. The third kappa shape index (κ3) is 3.73. The van der Waals surface area contributed by atoms with E-state index in [1.807, 2.05) is 28.4 Å². The Kier molecular flexibility index (Phi) is 4.86. The number of thiophene rings is 1. The van der Waals surface area contributed by atoms with Crippen molar-refractivity contribution in [3.05, 3.63) is 39.8 Å². The van der Waals surface area contributed by atoms with Crippen LogP contribution in [0, 0.1) is 0 Å². The van der Waals surface area contributed by atoms with Crippen molar-refractivity contribution in [3.63, 3.8) is 0 Å². The van der Waals surface area contributed by atoms with Gasteiger partial charge < -0.3 is 9.88 Å². The molecular weight excluding hydrogens is 338 g/mol. The highest BCUT2D eigenvalue weighted by Crippen LogP contribution is 2.19. The summed E-state index contributed by atoms with van der Waals surface area (Å²) in [5.41, 5.74) is 0. The summed E-state index contributed by atoms with van der Waals surface area (Å²) in [4.78, 5) is 17.1. The first kappa shape index (κ1) is 15.2. The summed E-state index contributed by atoms with van der Waals surface area (Å²) in [7, 11) is 1.92. The zero-order valence-corrected chi connectivity index (χ0v) is 14.2. The first-order valence-corrected chi connectivity index (χ1v) is 9.19. The molecule has 0 atom stereocenters. The van der Waals surface area contributed by atoms with Crippen LogP contribution in [0.5, 0.6) is 0 Å². The lowest BCUT2D eigenvalue weighted by Crippen LogP contribution is -2.14. The van der Waals surface area contributed by atoms with Crippen molar-refractivity contribution < 1.29 is 4.79 Å². The van der Waals surface area contributed by atoms with Crippen LogP contribution >= 0.6 is 34.4 Å². The molecule has 6 nitrogen and oxygen atoms in total. The van der Waals surface area contributed by atoms with Crippen LogP contribution in [0.15, 0.2) is 34.2 Å². The van der Waals surface area contributed by atoms with E-state index < -0.39 is 0 Å². The first-order valence-electron chi connectivity index (χ1n) is 6.45. The van der Waals surface area contributed by atoms with E-state index in [1.54, 1.807) is 17.5 Å². The van der Waals surface area contributed by atoms with Gasteiger partial charge in [0.15, 0.2) is 10.3 Å². The van der Waals surface area contributed by atoms with E-state index in [0.29, 0.717) is 5.13 Å². The number of aromatic nitrogens is 4. The second kappa shape index (κ2) is 7.03. The van der Waals surface area contributed by atoms with Gasteiger partial charge in [-0.25, -0.2) is 4.98 Å². The fraction of sp³-hybridized carbons (Fsp3) is 0.231. The van der Waals surface area contributed by atoms with Crippen LogP contribution < -0.4 is 5.32 Å². The third-order valence-corrected chi connectivity index (χ3v) is 5.43. The topological polar surface area (TPSA) is 72.7 Å². The lowest BCUT2D eigenvalue weighted by atomic mass is 10.3. The highest BCUT2D eigenvalue weighted by atomic mass is 32.2. The number of anilines is 1. The fourth-order valence-corrected chi connectivity index (χ4v) is 3.74. The van der Waals surface area contributed by atoms with Crippen molar-refractivity contribution in [1.82, 2.24) is 19.7 Å². The molecule has 114 valence electrons. The maximum absolute atomic E-state index is 11.8. The number of carbonyl (C=O) groups is 1. The minimum atomic E-state index is -0.0947. The third-order valence-electron chi connectivity index (χ3n) is 2.85. The van der Waals surface area contributed by atoms with E-state index in [1.165, 1.54) is 28.0 Å². The lowest BCUT2D eigenvalue weighted by Gasteiger charge is -2.03.